The van der Waals surface area contributed by atoms with E-state index in [1.807, 2.05) is 25.2 Å². The smallest absolute Gasteiger partial charge is 0.388 e. The molecule has 0 radical (unpaired) electrons. The topological polar surface area (TPSA) is 41.5 Å². The molecule has 2 aromatic carbocycles. The molecule has 5 nitrogen and oxygen atoms in total. The second-order valence-electron chi connectivity index (χ2n) is 6.84. The number of aromatic nitrogens is 2. The van der Waals surface area contributed by atoms with Gasteiger partial charge in [0.2, 0.25) is 5.88 Å². The molecule has 150 valence electrons. The molecule has 0 amide bonds. The van der Waals surface area contributed by atoms with Crippen molar-refractivity contribution in [1.29, 1.82) is 0 Å². The molecule has 0 unspecified atom stereocenters. The molecule has 0 N–H and O–H groups in total. The molecule has 0 atom stereocenters. The molecule has 0 saturated carbocycles. The van der Waals surface area contributed by atoms with Gasteiger partial charge in [-0.05, 0) is 55.1 Å². The molecule has 0 fully saturated rings. The van der Waals surface area contributed by atoms with Crippen molar-refractivity contribution in [2.24, 2.45) is 0 Å². The number of likely N-dealkylation sites (N-methyl/N-ethyl adjacent to an activating group) is 1. The van der Waals surface area contributed by atoms with Crippen molar-refractivity contribution >= 4 is 11.4 Å². The first-order valence-corrected chi connectivity index (χ1v) is 9.13. The monoisotopic (exact) mass is 400 g/mol. The lowest BCUT2D eigenvalue weighted by atomic mass is 10.0. The molecule has 1 aliphatic heterocycles. The maximum absolute atomic E-state index is 13.3. The van der Waals surface area contributed by atoms with Crippen LogP contribution in [0.4, 0.5) is 24.5 Å². The second-order valence-corrected chi connectivity index (χ2v) is 6.84. The van der Waals surface area contributed by atoms with Crippen LogP contribution in [-0.4, -0.2) is 41.8 Å². The van der Waals surface area contributed by atoms with Gasteiger partial charge in [-0.15, -0.1) is 10.2 Å². The van der Waals surface area contributed by atoms with Crippen molar-refractivity contribution in [3.8, 4) is 17.1 Å². The van der Waals surface area contributed by atoms with Crippen molar-refractivity contribution < 1.29 is 17.9 Å². The normalized spacial score (nSPS) is 14.6. The molecular weight excluding hydrogens is 381 g/mol. The zero-order valence-electron chi connectivity index (χ0n) is 15.7. The minimum atomic E-state index is -2.93. The van der Waals surface area contributed by atoms with E-state index >= 15 is 0 Å². The van der Waals surface area contributed by atoms with E-state index in [9.17, 15) is 13.2 Å². The number of anilines is 2. The van der Waals surface area contributed by atoms with Crippen molar-refractivity contribution in [1.82, 2.24) is 15.1 Å². The highest BCUT2D eigenvalue weighted by Crippen LogP contribution is 2.34. The fourth-order valence-corrected chi connectivity index (χ4v) is 3.41. The van der Waals surface area contributed by atoms with Gasteiger partial charge in [0.15, 0.2) is 0 Å². The Kier molecular flexibility index (Phi) is 5.35. The van der Waals surface area contributed by atoms with Gasteiger partial charge < -0.3 is 14.5 Å². The standard InChI is InChI=1S/C21H19F3N4O/c1-27-10-11-28(17-5-3-16(22)4-6-17)19-8-2-14(12-15(19)13-27)18-7-9-20(26-25-18)29-21(23)24/h2-9,12,21H,10-11,13H2,1H3. The summed E-state index contributed by atoms with van der Waals surface area (Å²) in [5.41, 5.74) is 4.43. The van der Waals surface area contributed by atoms with Crippen LogP contribution < -0.4 is 9.64 Å². The Morgan fingerprint density at radius 2 is 1.76 bits per heavy atom. The molecule has 1 aliphatic rings. The Bertz CT molecular complexity index is 980. The summed E-state index contributed by atoms with van der Waals surface area (Å²) in [6, 6.07) is 15.4. The van der Waals surface area contributed by atoms with Crippen LogP contribution in [-0.2, 0) is 6.54 Å². The summed E-state index contributed by atoms with van der Waals surface area (Å²) in [5.74, 6) is -0.491. The maximum atomic E-state index is 13.3. The number of nitrogens with zero attached hydrogens (tertiary/aromatic N) is 4. The largest absolute Gasteiger partial charge is 0.415 e. The van der Waals surface area contributed by atoms with Crippen LogP contribution in [0.15, 0.2) is 54.6 Å². The first-order valence-electron chi connectivity index (χ1n) is 9.13. The second kappa shape index (κ2) is 8.08. The van der Waals surface area contributed by atoms with Crippen molar-refractivity contribution in [2.45, 2.75) is 13.2 Å². The van der Waals surface area contributed by atoms with Crippen LogP contribution in [0.5, 0.6) is 5.88 Å². The number of hydrogen-bond acceptors (Lipinski definition) is 5. The van der Waals surface area contributed by atoms with Gasteiger partial charge in [-0.1, -0.05) is 6.07 Å². The van der Waals surface area contributed by atoms with Crippen LogP contribution in [0.25, 0.3) is 11.3 Å². The van der Waals surface area contributed by atoms with E-state index in [2.05, 4.69) is 24.7 Å². The SMILES string of the molecule is CN1CCN(c2ccc(F)cc2)c2ccc(-c3ccc(OC(F)F)nn3)cc2C1. The van der Waals surface area contributed by atoms with E-state index in [4.69, 9.17) is 0 Å². The lowest BCUT2D eigenvalue weighted by Gasteiger charge is -2.25. The molecule has 0 bridgehead atoms. The van der Waals surface area contributed by atoms with Gasteiger partial charge in [0.1, 0.15) is 5.82 Å². The molecule has 29 heavy (non-hydrogen) atoms. The number of halogens is 3. The molecule has 0 saturated heterocycles. The lowest BCUT2D eigenvalue weighted by Crippen LogP contribution is -2.26. The summed E-state index contributed by atoms with van der Waals surface area (Å²) in [6.07, 6.45) is 0. The molecule has 1 aromatic heterocycles. The van der Waals surface area contributed by atoms with Crippen LogP contribution in [0, 0.1) is 5.82 Å². The van der Waals surface area contributed by atoms with E-state index in [1.165, 1.54) is 18.2 Å². The molecular formula is C21H19F3N4O. The van der Waals surface area contributed by atoms with Crippen molar-refractivity contribution in [3.63, 3.8) is 0 Å². The number of hydrogen-bond donors (Lipinski definition) is 0. The Balaban J connectivity index is 1.68. The summed E-state index contributed by atoms with van der Waals surface area (Å²) in [7, 11) is 2.04. The fraction of sp³-hybridized carbons (Fsp3) is 0.238. The minimum absolute atomic E-state index is 0.222. The highest BCUT2D eigenvalue weighted by molar-refractivity contribution is 5.72. The minimum Gasteiger partial charge on any atom is -0.415 e. The molecule has 2 heterocycles. The number of ether oxygens (including phenoxy) is 1. The Morgan fingerprint density at radius 3 is 2.45 bits per heavy atom. The molecule has 8 heteroatoms. The van der Waals surface area contributed by atoms with E-state index in [0.717, 1.165) is 42.1 Å². The van der Waals surface area contributed by atoms with Gasteiger partial charge >= 0.3 is 6.61 Å². The summed E-state index contributed by atoms with van der Waals surface area (Å²) >= 11 is 0. The van der Waals surface area contributed by atoms with Crippen molar-refractivity contribution in [3.05, 3.63) is 66.0 Å². The van der Waals surface area contributed by atoms with Crippen LogP contribution in [0.2, 0.25) is 0 Å². The first-order chi connectivity index (χ1) is 14.0. The number of rotatable bonds is 4. The van der Waals surface area contributed by atoms with Crippen molar-refractivity contribution in [2.75, 3.05) is 25.0 Å². The maximum Gasteiger partial charge on any atom is 0.388 e. The van der Waals surface area contributed by atoms with Gasteiger partial charge in [0, 0.05) is 42.6 Å². The number of alkyl halides is 2. The summed E-state index contributed by atoms with van der Waals surface area (Å²) in [5, 5.41) is 7.71. The van der Waals surface area contributed by atoms with Crippen LogP contribution in [0.1, 0.15) is 5.56 Å². The third-order valence-electron chi connectivity index (χ3n) is 4.80. The molecule has 0 aliphatic carbocycles. The fourth-order valence-electron chi connectivity index (χ4n) is 3.41. The van der Waals surface area contributed by atoms with E-state index in [-0.39, 0.29) is 11.7 Å². The zero-order valence-corrected chi connectivity index (χ0v) is 15.7. The lowest BCUT2D eigenvalue weighted by molar-refractivity contribution is -0.0534. The number of benzene rings is 2. The predicted octanol–water partition coefficient (Wildman–Crippen LogP) is 4.47. The van der Waals surface area contributed by atoms with E-state index in [1.54, 1.807) is 18.2 Å². The summed E-state index contributed by atoms with van der Waals surface area (Å²) in [4.78, 5) is 4.37. The molecule has 3 aromatic rings. The molecule has 0 spiro atoms. The van der Waals surface area contributed by atoms with Gasteiger partial charge in [-0.25, -0.2) is 4.39 Å². The average molecular weight is 400 g/mol. The highest BCUT2D eigenvalue weighted by Gasteiger charge is 2.20. The van der Waals surface area contributed by atoms with Crippen LogP contribution >= 0.6 is 0 Å². The van der Waals surface area contributed by atoms with E-state index in [0.29, 0.717) is 5.69 Å². The van der Waals surface area contributed by atoms with Crippen LogP contribution in [0.3, 0.4) is 0 Å². The van der Waals surface area contributed by atoms with Gasteiger partial charge in [-0.3, -0.25) is 0 Å². The summed E-state index contributed by atoms with van der Waals surface area (Å²) < 4.78 is 42.2. The third kappa shape index (κ3) is 4.32. The highest BCUT2D eigenvalue weighted by atomic mass is 19.3. The predicted molar refractivity (Wildman–Crippen MR) is 104 cm³/mol. The van der Waals surface area contributed by atoms with Gasteiger partial charge in [0.05, 0.1) is 5.69 Å². The Labute approximate surface area is 166 Å². The zero-order chi connectivity index (χ0) is 20.4. The van der Waals surface area contributed by atoms with Gasteiger partial charge in [0.25, 0.3) is 0 Å². The summed E-state index contributed by atoms with van der Waals surface area (Å²) in [6.45, 7) is -0.578. The average Bonchev–Trinajstić information content (AvgIpc) is 2.86. The quantitative estimate of drug-likeness (QED) is 0.647. The Hall–Kier alpha value is -3.13. The van der Waals surface area contributed by atoms with E-state index < -0.39 is 6.61 Å². The third-order valence-corrected chi connectivity index (χ3v) is 4.80. The van der Waals surface area contributed by atoms with Gasteiger partial charge in [-0.2, -0.15) is 8.78 Å². The Morgan fingerprint density at radius 1 is 0.966 bits per heavy atom. The molecule has 4 rings (SSSR count). The number of fused-ring (bicyclic) bond motifs is 1. The first kappa shape index (κ1) is 19.2.